The van der Waals surface area contributed by atoms with Gasteiger partial charge in [-0.2, -0.15) is 0 Å². The summed E-state index contributed by atoms with van der Waals surface area (Å²) in [6.45, 7) is 3.50. The van der Waals surface area contributed by atoms with Crippen LogP contribution in [0.4, 0.5) is 0 Å². The number of hydrogen-bond acceptors (Lipinski definition) is 4. The molecule has 1 aliphatic carbocycles. The van der Waals surface area contributed by atoms with Gasteiger partial charge < -0.3 is 5.11 Å². The van der Waals surface area contributed by atoms with E-state index in [1.165, 1.54) is 6.92 Å². The number of carbonyl (C=O) groups excluding carboxylic acids is 1. The van der Waals surface area contributed by atoms with E-state index in [0.717, 1.165) is 16.9 Å². The predicted molar refractivity (Wildman–Crippen MR) is 90.1 cm³/mol. The number of benzene rings is 1. The number of sulfone groups is 1. The molecule has 2 aliphatic heterocycles. The number of amides is 1. The molecule has 4 atom stereocenters. The van der Waals surface area contributed by atoms with Crippen molar-refractivity contribution in [3.8, 4) is 0 Å². The lowest BCUT2D eigenvalue weighted by Crippen LogP contribution is -2.67. The summed E-state index contributed by atoms with van der Waals surface area (Å²) in [5.41, 5.74) is 0.910. The summed E-state index contributed by atoms with van der Waals surface area (Å²) >= 11 is 0. The predicted octanol–water partition coefficient (Wildman–Crippen LogP) is 1.54. The van der Waals surface area contributed by atoms with Crippen LogP contribution in [0.1, 0.15) is 25.8 Å². The van der Waals surface area contributed by atoms with Crippen molar-refractivity contribution in [2.45, 2.75) is 31.1 Å². The summed E-state index contributed by atoms with van der Waals surface area (Å²) in [5.74, 6) is -2.65. The molecule has 25 heavy (non-hydrogen) atoms. The van der Waals surface area contributed by atoms with Crippen LogP contribution in [0.3, 0.4) is 0 Å². The van der Waals surface area contributed by atoms with Gasteiger partial charge in [0.25, 0.3) is 0 Å². The molecule has 2 heterocycles. The molecule has 0 bridgehead atoms. The monoisotopic (exact) mass is 361 g/mol. The first-order valence-electron chi connectivity index (χ1n) is 8.22. The molecule has 1 aromatic rings. The van der Waals surface area contributed by atoms with Gasteiger partial charge in [-0.3, -0.25) is 9.69 Å². The van der Waals surface area contributed by atoms with E-state index in [0.29, 0.717) is 0 Å². The van der Waals surface area contributed by atoms with Crippen LogP contribution < -0.4 is 0 Å². The van der Waals surface area contributed by atoms with Crippen LogP contribution in [0.5, 0.6) is 0 Å². The number of aliphatic carboxylic acids is 1. The maximum absolute atomic E-state index is 12.7. The number of carbonyl (C=O) groups is 2. The van der Waals surface area contributed by atoms with Crippen LogP contribution in [0.15, 0.2) is 41.6 Å². The second-order valence-corrected chi connectivity index (χ2v) is 9.56. The normalized spacial score (nSPS) is 35.8. The molecular weight excluding hydrogens is 342 g/mol. The zero-order valence-corrected chi connectivity index (χ0v) is 14.8. The zero-order valence-electron chi connectivity index (χ0n) is 14.0. The van der Waals surface area contributed by atoms with Crippen LogP contribution in [0.25, 0.3) is 0 Å². The van der Waals surface area contributed by atoms with Crippen LogP contribution in [0, 0.1) is 11.8 Å². The second kappa shape index (κ2) is 4.94. The van der Waals surface area contributed by atoms with E-state index < -0.39 is 27.1 Å². The van der Waals surface area contributed by atoms with E-state index in [1.54, 1.807) is 0 Å². The fourth-order valence-electron chi connectivity index (χ4n) is 4.50. The minimum atomic E-state index is -3.58. The minimum Gasteiger partial charge on any atom is -0.477 e. The summed E-state index contributed by atoms with van der Waals surface area (Å²) < 4.78 is 25.3. The van der Waals surface area contributed by atoms with Crippen molar-refractivity contribution >= 4 is 21.7 Å². The van der Waals surface area contributed by atoms with E-state index in [4.69, 9.17) is 0 Å². The molecule has 0 radical (unpaired) electrons. The largest absolute Gasteiger partial charge is 0.477 e. The maximum atomic E-state index is 12.7. The van der Waals surface area contributed by atoms with Gasteiger partial charge in [0, 0.05) is 0 Å². The molecule has 0 aromatic heterocycles. The van der Waals surface area contributed by atoms with Crippen molar-refractivity contribution in [1.82, 2.24) is 4.90 Å². The Morgan fingerprint density at radius 3 is 2.52 bits per heavy atom. The van der Waals surface area contributed by atoms with Crippen LogP contribution in [-0.4, -0.2) is 41.4 Å². The third kappa shape index (κ3) is 2.11. The van der Waals surface area contributed by atoms with Crippen LogP contribution in [-0.2, 0) is 24.8 Å². The molecule has 1 amide bonds. The number of fused-ring (bicyclic) bond motifs is 1. The zero-order chi connectivity index (χ0) is 18.1. The van der Waals surface area contributed by atoms with Gasteiger partial charge in [-0.1, -0.05) is 37.3 Å². The number of carboxylic acids is 1. The van der Waals surface area contributed by atoms with E-state index in [9.17, 15) is 23.1 Å². The van der Waals surface area contributed by atoms with Gasteiger partial charge in [0.1, 0.15) is 5.70 Å². The molecule has 1 saturated heterocycles. The summed E-state index contributed by atoms with van der Waals surface area (Å²) in [6, 6.07) is 9.75. The molecule has 4 rings (SSSR count). The average Bonchev–Trinajstić information content (AvgIpc) is 3.20. The molecule has 1 aromatic carbocycles. The Morgan fingerprint density at radius 1 is 1.28 bits per heavy atom. The Morgan fingerprint density at radius 2 is 1.92 bits per heavy atom. The molecule has 6 nitrogen and oxygen atoms in total. The highest BCUT2D eigenvalue weighted by atomic mass is 32.2. The number of β-lactam (4-membered cyclic amide) rings is 1. The van der Waals surface area contributed by atoms with Crippen molar-refractivity contribution in [3.05, 3.63) is 47.2 Å². The Hall–Kier alpha value is -2.15. The molecule has 1 N–H and O–H groups in total. The lowest BCUT2D eigenvalue weighted by molar-refractivity contribution is -0.154. The number of carboxylic acid groups (broad SMARTS) is 1. The van der Waals surface area contributed by atoms with Crippen molar-refractivity contribution in [1.29, 1.82) is 0 Å². The Kier molecular flexibility index (Phi) is 3.23. The fourth-order valence-corrected chi connectivity index (χ4v) is 6.69. The highest BCUT2D eigenvalue weighted by Crippen LogP contribution is 2.62. The van der Waals surface area contributed by atoms with E-state index in [1.807, 2.05) is 37.3 Å². The third-order valence-electron chi connectivity index (χ3n) is 5.89. The second-order valence-electron chi connectivity index (χ2n) is 7.46. The van der Waals surface area contributed by atoms with Gasteiger partial charge in [0.05, 0.1) is 11.7 Å². The highest BCUT2D eigenvalue weighted by molar-refractivity contribution is 7.92. The summed E-state index contributed by atoms with van der Waals surface area (Å²) in [6.07, 6.45) is 0.735. The van der Waals surface area contributed by atoms with Crippen LogP contribution in [0.2, 0.25) is 0 Å². The lowest BCUT2D eigenvalue weighted by atomic mass is 9.84. The maximum Gasteiger partial charge on any atom is 0.352 e. The standard InChI is InChI=1S/C18H19NO5S/c1-10-9-25(23,24)16-13(15(20)19(16)14(10)17(21)22)12-8-18(12,2)11-6-4-3-5-7-11/h3-7,12-13,16H,8-9H2,1-2H3,(H,21,22)/t12?,13?,16-,18?/m0/s1. The minimum absolute atomic E-state index is 0.0770. The Balaban J connectivity index is 1.70. The lowest BCUT2D eigenvalue weighted by Gasteiger charge is -2.49. The molecule has 7 heteroatoms. The SMILES string of the molecule is CC1=C(C(=O)O)N2C(=O)C(C3CC3(C)c3ccccc3)[C@@H]2S(=O)(=O)C1. The Bertz CT molecular complexity index is 920. The number of rotatable bonds is 3. The van der Waals surface area contributed by atoms with E-state index in [-0.39, 0.29) is 34.3 Å². The first-order chi connectivity index (χ1) is 11.7. The molecule has 1 saturated carbocycles. The molecule has 3 aliphatic rings. The smallest absolute Gasteiger partial charge is 0.352 e. The third-order valence-corrected chi connectivity index (χ3v) is 7.96. The van der Waals surface area contributed by atoms with E-state index >= 15 is 0 Å². The van der Waals surface area contributed by atoms with Gasteiger partial charge in [-0.15, -0.1) is 0 Å². The van der Waals surface area contributed by atoms with Gasteiger partial charge >= 0.3 is 5.97 Å². The summed E-state index contributed by atoms with van der Waals surface area (Å²) in [4.78, 5) is 25.2. The first kappa shape index (κ1) is 16.3. The highest BCUT2D eigenvalue weighted by Gasteiger charge is 2.69. The number of nitrogens with zero attached hydrogens (tertiary/aromatic N) is 1. The van der Waals surface area contributed by atoms with Gasteiger partial charge in [-0.05, 0) is 35.8 Å². The number of hydrogen-bond donors (Lipinski definition) is 1. The molecule has 0 spiro atoms. The Labute approximate surface area is 146 Å². The molecule has 2 fully saturated rings. The first-order valence-corrected chi connectivity index (χ1v) is 9.93. The fraction of sp³-hybridized carbons (Fsp3) is 0.444. The van der Waals surface area contributed by atoms with Crippen molar-refractivity contribution in [3.63, 3.8) is 0 Å². The molecule has 132 valence electrons. The quantitative estimate of drug-likeness (QED) is 0.825. The molecular formula is C18H19NO5S. The van der Waals surface area contributed by atoms with E-state index in [2.05, 4.69) is 0 Å². The van der Waals surface area contributed by atoms with Crippen molar-refractivity contribution < 1.29 is 23.1 Å². The summed E-state index contributed by atoms with van der Waals surface area (Å²) in [5, 5.41) is 8.36. The van der Waals surface area contributed by atoms with Crippen molar-refractivity contribution in [2.75, 3.05) is 5.75 Å². The van der Waals surface area contributed by atoms with Crippen LogP contribution >= 0.6 is 0 Å². The topological polar surface area (TPSA) is 91.8 Å². The van der Waals surface area contributed by atoms with Gasteiger partial charge in [0.15, 0.2) is 15.2 Å². The summed E-state index contributed by atoms with van der Waals surface area (Å²) in [7, 11) is -3.58. The molecule has 3 unspecified atom stereocenters. The van der Waals surface area contributed by atoms with Gasteiger partial charge in [0.2, 0.25) is 5.91 Å². The average molecular weight is 361 g/mol. The van der Waals surface area contributed by atoms with Crippen molar-refractivity contribution in [2.24, 2.45) is 11.8 Å². The van der Waals surface area contributed by atoms with Gasteiger partial charge in [-0.25, -0.2) is 13.2 Å².